The zero-order valence-electron chi connectivity index (χ0n) is 15.8. The summed E-state index contributed by atoms with van der Waals surface area (Å²) in [5.74, 6) is -1.07. The van der Waals surface area contributed by atoms with Gasteiger partial charge in [-0.05, 0) is 42.7 Å². The summed E-state index contributed by atoms with van der Waals surface area (Å²) < 4.78 is 24.8. The van der Waals surface area contributed by atoms with Crippen LogP contribution in [0, 0.1) is 0 Å². The van der Waals surface area contributed by atoms with Crippen molar-refractivity contribution < 1.29 is 18.0 Å². The molecule has 2 N–H and O–H groups in total. The third-order valence-electron chi connectivity index (χ3n) is 4.63. The van der Waals surface area contributed by atoms with Crippen molar-refractivity contribution in [2.24, 2.45) is 0 Å². The molecule has 0 heterocycles. The molecule has 1 atom stereocenters. The van der Waals surface area contributed by atoms with Crippen molar-refractivity contribution in [2.75, 3.05) is 5.75 Å². The summed E-state index contributed by atoms with van der Waals surface area (Å²) in [5, 5.41) is 6.03. The van der Waals surface area contributed by atoms with E-state index in [1.807, 2.05) is 30.3 Å². The first kappa shape index (κ1) is 21.3. The third-order valence-corrected chi connectivity index (χ3v) is 6.61. The van der Waals surface area contributed by atoms with E-state index in [2.05, 4.69) is 10.6 Å². The van der Waals surface area contributed by atoms with Gasteiger partial charge in [-0.1, -0.05) is 41.9 Å². The maximum atomic E-state index is 12.5. The molecule has 1 fully saturated rings. The fraction of sp³-hybridized carbons (Fsp3) is 0.333. The Hall–Kier alpha value is -2.38. The minimum atomic E-state index is -3.62. The lowest BCUT2D eigenvalue weighted by molar-refractivity contribution is -0.128. The number of benzene rings is 2. The van der Waals surface area contributed by atoms with Crippen LogP contribution >= 0.6 is 11.6 Å². The van der Waals surface area contributed by atoms with Gasteiger partial charge in [-0.3, -0.25) is 9.59 Å². The van der Waals surface area contributed by atoms with Gasteiger partial charge in [0.1, 0.15) is 6.04 Å². The van der Waals surface area contributed by atoms with Crippen molar-refractivity contribution in [3.63, 3.8) is 0 Å². The fourth-order valence-electron chi connectivity index (χ4n) is 2.84. The van der Waals surface area contributed by atoms with Gasteiger partial charge in [0.15, 0.2) is 9.84 Å². The Labute approximate surface area is 175 Å². The second kappa shape index (κ2) is 9.41. The number of sulfone groups is 1. The summed E-state index contributed by atoms with van der Waals surface area (Å²) in [6.07, 6.45) is 2.00. The molecule has 154 valence electrons. The van der Waals surface area contributed by atoms with E-state index in [-0.39, 0.29) is 29.0 Å². The highest BCUT2D eigenvalue weighted by Gasteiger charge is 2.29. The van der Waals surface area contributed by atoms with Crippen LogP contribution < -0.4 is 10.6 Å². The molecule has 3 rings (SSSR count). The maximum absolute atomic E-state index is 12.5. The summed E-state index contributed by atoms with van der Waals surface area (Å²) in [5.41, 5.74) is 0.914. The number of carbonyl (C=O) groups is 2. The number of hydrogen-bond acceptors (Lipinski definition) is 4. The van der Waals surface area contributed by atoms with Crippen molar-refractivity contribution in [2.45, 2.75) is 42.7 Å². The van der Waals surface area contributed by atoms with Crippen LogP contribution in [0.25, 0.3) is 0 Å². The Morgan fingerprint density at radius 1 is 1.03 bits per heavy atom. The van der Waals surface area contributed by atoms with Crippen molar-refractivity contribution in [3.8, 4) is 0 Å². The molecule has 0 radical (unpaired) electrons. The summed E-state index contributed by atoms with van der Waals surface area (Å²) in [6.45, 7) is 0. The van der Waals surface area contributed by atoms with Crippen molar-refractivity contribution in [3.05, 3.63) is 65.2 Å². The molecular formula is C21H23ClN2O4S. The lowest BCUT2D eigenvalue weighted by atomic mass is 10.1. The summed E-state index contributed by atoms with van der Waals surface area (Å²) in [6, 6.07) is 14.6. The van der Waals surface area contributed by atoms with Gasteiger partial charge in [-0.25, -0.2) is 8.42 Å². The van der Waals surface area contributed by atoms with Gasteiger partial charge < -0.3 is 10.6 Å². The van der Waals surface area contributed by atoms with E-state index >= 15 is 0 Å². The normalized spacial score (nSPS) is 14.8. The summed E-state index contributed by atoms with van der Waals surface area (Å²) in [7, 11) is -3.62. The average Bonchev–Trinajstić information content (AvgIpc) is 3.51. The SMILES string of the molecule is O=C(CCS(=O)(=O)c1ccc(Cl)cc1)NC(Cc1ccccc1)C(=O)NC1CC1. The quantitative estimate of drug-likeness (QED) is 0.634. The lowest BCUT2D eigenvalue weighted by Crippen LogP contribution is -2.48. The van der Waals surface area contributed by atoms with Crippen LogP contribution in [0.15, 0.2) is 59.5 Å². The molecule has 1 saturated carbocycles. The zero-order chi connectivity index (χ0) is 20.9. The molecule has 1 aliphatic rings. The molecule has 6 nitrogen and oxygen atoms in total. The van der Waals surface area contributed by atoms with Crippen LogP contribution in [-0.4, -0.2) is 38.1 Å². The van der Waals surface area contributed by atoms with Gasteiger partial charge in [-0.15, -0.1) is 0 Å². The predicted octanol–water partition coefficient (Wildman–Crippen LogP) is 2.51. The molecule has 0 bridgehead atoms. The first-order valence-electron chi connectivity index (χ1n) is 9.45. The third kappa shape index (κ3) is 6.58. The summed E-state index contributed by atoms with van der Waals surface area (Å²) in [4.78, 5) is 25.0. The van der Waals surface area contributed by atoms with Crippen LogP contribution in [0.5, 0.6) is 0 Å². The van der Waals surface area contributed by atoms with E-state index in [0.717, 1.165) is 18.4 Å². The van der Waals surface area contributed by atoms with E-state index in [1.54, 1.807) is 0 Å². The van der Waals surface area contributed by atoms with E-state index < -0.39 is 21.8 Å². The molecule has 2 aromatic carbocycles. The standard InChI is InChI=1S/C21H23ClN2O4S/c22-16-6-10-18(11-7-16)29(27,28)13-12-20(25)24-19(21(26)23-17-8-9-17)14-15-4-2-1-3-5-15/h1-7,10-11,17,19H,8-9,12-14H2,(H,23,26)(H,24,25). The topological polar surface area (TPSA) is 92.3 Å². The molecular weight excluding hydrogens is 412 g/mol. The van der Waals surface area contributed by atoms with Gasteiger partial charge in [0.2, 0.25) is 11.8 Å². The average molecular weight is 435 g/mol. The number of amides is 2. The summed E-state index contributed by atoms with van der Waals surface area (Å²) >= 11 is 5.79. The Balaban J connectivity index is 1.61. The van der Waals surface area contributed by atoms with Crippen molar-refractivity contribution >= 4 is 33.3 Å². The Morgan fingerprint density at radius 3 is 2.31 bits per heavy atom. The molecule has 2 amide bonds. The predicted molar refractivity (Wildman–Crippen MR) is 111 cm³/mol. The molecule has 0 aromatic heterocycles. The van der Waals surface area contributed by atoms with E-state index in [1.165, 1.54) is 24.3 Å². The molecule has 29 heavy (non-hydrogen) atoms. The van der Waals surface area contributed by atoms with Crippen LogP contribution in [-0.2, 0) is 25.8 Å². The second-order valence-corrected chi connectivity index (χ2v) is 9.66. The van der Waals surface area contributed by atoms with Crippen molar-refractivity contribution in [1.29, 1.82) is 0 Å². The highest BCUT2D eigenvalue weighted by molar-refractivity contribution is 7.91. The molecule has 0 spiro atoms. The van der Waals surface area contributed by atoms with E-state index in [4.69, 9.17) is 11.6 Å². The highest BCUT2D eigenvalue weighted by atomic mass is 35.5. The number of halogens is 1. The number of hydrogen-bond donors (Lipinski definition) is 2. The van der Waals surface area contributed by atoms with E-state index in [0.29, 0.717) is 11.4 Å². The lowest BCUT2D eigenvalue weighted by Gasteiger charge is -2.18. The molecule has 8 heteroatoms. The largest absolute Gasteiger partial charge is 0.352 e. The monoisotopic (exact) mass is 434 g/mol. The van der Waals surface area contributed by atoms with Gasteiger partial charge >= 0.3 is 0 Å². The Morgan fingerprint density at radius 2 is 1.69 bits per heavy atom. The molecule has 0 aliphatic heterocycles. The molecule has 2 aromatic rings. The van der Waals surface area contributed by atoms with Crippen LogP contribution in [0.2, 0.25) is 5.02 Å². The number of rotatable bonds is 9. The van der Waals surface area contributed by atoms with Crippen LogP contribution in [0.1, 0.15) is 24.8 Å². The molecule has 0 saturated heterocycles. The van der Waals surface area contributed by atoms with Gasteiger partial charge in [0.25, 0.3) is 0 Å². The minimum Gasteiger partial charge on any atom is -0.352 e. The fourth-order valence-corrected chi connectivity index (χ4v) is 4.21. The zero-order valence-corrected chi connectivity index (χ0v) is 17.4. The maximum Gasteiger partial charge on any atom is 0.243 e. The van der Waals surface area contributed by atoms with Crippen LogP contribution in [0.3, 0.4) is 0 Å². The second-order valence-electron chi connectivity index (χ2n) is 7.12. The van der Waals surface area contributed by atoms with Gasteiger partial charge in [0, 0.05) is 23.9 Å². The highest BCUT2D eigenvalue weighted by Crippen LogP contribution is 2.19. The van der Waals surface area contributed by atoms with Gasteiger partial charge in [0.05, 0.1) is 10.6 Å². The molecule has 1 aliphatic carbocycles. The van der Waals surface area contributed by atoms with Crippen molar-refractivity contribution in [1.82, 2.24) is 10.6 Å². The minimum absolute atomic E-state index is 0.113. The Kier molecular flexibility index (Phi) is 6.92. The first-order chi connectivity index (χ1) is 13.8. The van der Waals surface area contributed by atoms with E-state index in [9.17, 15) is 18.0 Å². The molecule has 1 unspecified atom stereocenters. The Bertz CT molecular complexity index is 958. The smallest absolute Gasteiger partial charge is 0.243 e. The van der Waals surface area contributed by atoms with Crippen LogP contribution in [0.4, 0.5) is 0 Å². The first-order valence-corrected chi connectivity index (χ1v) is 11.5. The number of carbonyl (C=O) groups excluding carboxylic acids is 2. The van der Waals surface area contributed by atoms with Gasteiger partial charge in [-0.2, -0.15) is 0 Å². The number of nitrogens with one attached hydrogen (secondary N) is 2.